The molecule has 1 aliphatic rings. The third kappa shape index (κ3) is 3.37. The van der Waals surface area contributed by atoms with Gasteiger partial charge in [0, 0.05) is 25.8 Å². The number of hydrogen-bond acceptors (Lipinski definition) is 3. The SMILES string of the molecule is Cc1ccccc1-n1nccc1NC(=O)N1CCC(CO)CC1. The molecule has 2 heterocycles. The van der Waals surface area contributed by atoms with Crippen LogP contribution in [0.5, 0.6) is 0 Å². The summed E-state index contributed by atoms with van der Waals surface area (Å²) in [5.41, 5.74) is 2.04. The van der Waals surface area contributed by atoms with Crippen LogP contribution in [0.25, 0.3) is 5.69 Å². The van der Waals surface area contributed by atoms with Crippen LogP contribution in [0.4, 0.5) is 10.6 Å². The van der Waals surface area contributed by atoms with Crippen molar-refractivity contribution in [2.24, 2.45) is 5.92 Å². The van der Waals surface area contributed by atoms with Crippen LogP contribution >= 0.6 is 0 Å². The maximum Gasteiger partial charge on any atom is 0.323 e. The number of carbonyl (C=O) groups excluding carboxylic acids is 1. The summed E-state index contributed by atoms with van der Waals surface area (Å²) < 4.78 is 1.74. The zero-order valence-corrected chi connectivity index (χ0v) is 13.3. The first-order valence-corrected chi connectivity index (χ1v) is 7.96. The van der Waals surface area contributed by atoms with E-state index < -0.39 is 0 Å². The Morgan fingerprint density at radius 1 is 1.30 bits per heavy atom. The lowest BCUT2D eigenvalue weighted by Crippen LogP contribution is -2.41. The van der Waals surface area contributed by atoms with Gasteiger partial charge in [-0.3, -0.25) is 5.32 Å². The molecule has 1 aromatic heterocycles. The number of para-hydroxylation sites is 1. The molecule has 2 N–H and O–H groups in total. The number of rotatable bonds is 3. The second-order valence-corrected chi connectivity index (χ2v) is 5.96. The molecular formula is C17H22N4O2. The summed E-state index contributed by atoms with van der Waals surface area (Å²) in [6.45, 7) is 3.57. The number of urea groups is 1. The Bertz CT molecular complexity index is 675. The number of likely N-dealkylation sites (tertiary alicyclic amines) is 1. The second-order valence-electron chi connectivity index (χ2n) is 5.96. The Kier molecular flexibility index (Phi) is 4.62. The summed E-state index contributed by atoms with van der Waals surface area (Å²) in [5, 5.41) is 16.4. The number of aromatic nitrogens is 2. The Labute approximate surface area is 135 Å². The molecule has 0 saturated carbocycles. The molecule has 0 aliphatic carbocycles. The topological polar surface area (TPSA) is 70.4 Å². The summed E-state index contributed by atoms with van der Waals surface area (Å²) in [5.74, 6) is 0.977. The van der Waals surface area contributed by atoms with Crippen molar-refractivity contribution >= 4 is 11.8 Å². The van der Waals surface area contributed by atoms with E-state index in [4.69, 9.17) is 0 Å². The van der Waals surface area contributed by atoms with Crippen LogP contribution in [0, 0.1) is 12.8 Å². The quantitative estimate of drug-likeness (QED) is 0.914. The van der Waals surface area contributed by atoms with Crippen molar-refractivity contribution in [2.45, 2.75) is 19.8 Å². The number of aryl methyl sites for hydroxylation is 1. The highest BCUT2D eigenvalue weighted by molar-refractivity contribution is 5.88. The molecular weight excluding hydrogens is 292 g/mol. The summed E-state index contributed by atoms with van der Waals surface area (Å²) in [6, 6.07) is 9.61. The van der Waals surface area contributed by atoms with Crippen molar-refractivity contribution in [3.05, 3.63) is 42.1 Å². The molecule has 3 rings (SSSR count). The van der Waals surface area contributed by atoms with Gasteiger partial charge in [0.25, 0.3) is 0 Å². The minimum atomic E-state index is -0.114. The van der Waals surface area contributed by atoms with Crippen molar-refractivity contribution in [1.29, 1.82) is 0 Å². The smallest absolute Gasteiger partial charge is 0.323 e. The standard InChI is InChI=1S/C17H22N4O2/c1-13-4-2-3-5-15(13)21-16(6-9-18-21)19-17(23)20-10-7-14(12-22)8-11-20/h2-6,9,14,22H,7-8,10-12H2,1H3,(H,19,23). The lowest BCUT2D eigenvalue weighted by Gasteiger charge is -2.31. The van der Waals surface area contributed by atoms with E-state index in [1.54, 1.807) is 21.8 Å². The molecule has 0 bridgehead atoms. The summed E-state index contributed by atoms with van der Waals surface area (Å²) in [7, 11) is 0. The molecule has 1 fully saturated rings. The van der Waals surface area contributed by atoms with Gasteiger partial charge in [-0.05, 0) is 37.3 Å². The monoisotopic (exact) mass is 314 g/mol. The van der Waals surface area contributed by atoms with Crippen LogP contribution in [0.3, 0.4) is 0 Å². The second kappa shape index (κ2) is 6.83. The molecule has 0 atom stereocenters. The predicted octanol–water partition coefficient (Wildman–Crippen LogP) is 2.42. The fourth-order valence-corrected chi connectivity index (χ4v) is 2.90. The largest absolute Gasteiger partial charge is 0.396 e. The normalized spacial score (nSPS) is 15.7. The number of nitrogens with zero attached hydrogens (tertiary/aromatic N) is 3. The van der Waals surface area contributed by atoms with Gasteiger partial charge in [-0.1, -0.05) is 18.2 Å². The van der Waals surface area contributed by atoms with Crippen LogP contribution < -0.4 is 5.32 Å². The van der Waals surface area contributed by atoms with Gasteiger partial charge in [-0.2, -0.15) is 5.10 Å². The highest BCUT2D eigenvalue weighted by Gasteiger charge is 2.23. The highest BCUT2D eigenvalue weighted by Crippen LogP contribution is 2.20. The predicted molar refractivity (Wildman–Crippen MR) is 88.7 cm³/mol. The number of amides is 2. The molecule has 2 aromatic rings. The van der Waals surface area contributed by atoms with Crippen LogP contribution in [0.15, 0.2) is 36.5 Å². The summed E-state index contributed by atoms with van der Waals surface area (Å²) in [6.07, 6.45) is 3.38. The molecule has 1 aromatic carbocycles. The molecule has 0 unspecified atom stereocenters. The van der Waals surface area contributed by atoms with Gasteiger partial charge in [0.1, 0.15) is 5.82 Å². The van der Waals surface area contributed by atoms with E-state index in [0.717, 1.165) is 24.1 Å². The molecule has 6 heteroatoms. The number of benzene rings is 1. The van der Waals surface area contributed by atoms with Crippen LogP contribution in [0.1, 0.15) is 18.4 Å². The third-order valence-corrected chi connectivity index (χ3v) is 4.38. The van der Waals surface area contributed by atoms with Gasteiger partial charge >= 0.3 is 6.03 Å². The number of aliphatic hydroxyl groups excluding tert-OH is 1. The zero-order chi connectivity index (χ0) is 16.2. The van der Waals surface area contributed by atoms with E-state index in [0.29, 0.717) is 24.8 Å². The van der Waals surface area contributed by atoms with Gasteiger partial charge in [0.05, 0.1) is 11.9 Å². The van der Waals surface area contributed by atoms with Gasteiger partial charge in [0.2, 0.25) is 0 Å². The molecule has 2 amide bonds. The molecule has 122 valence electrons. The van der Waals surface area contributed by atoms with E-state index in [-0.39, 0.29) is 12.6 Å². The maximum absolute atomic E-state index is 12.4. The first-order valence-electron chi connectivity index (χ1n) is 7.96. The first-order chi connectivity index (χ1) is 11.2. The van der Waals surface area contributed by atoms with Gasteiger partial charge in [-0.25, -0.2) is 9.48 Å². The molecule has 6 nitrogen and oxygen atoms in total. The van der Waals surface area contributed by atoms with Crippen molar-refractivity contribution in [3.8, 4) is 5.69 Å². The summed E-state index contributed by atoms with van der Waals surface area (Å²) in [4.78, 5) is 14.2. The Hall–Kier alpha value is -2.34. The lowest BCUT2D eigenvalue weighted by molar-refractivity contribution is 0.143. The third-order valence-electron chi connectivity index (χ3n) is 4.38. The lowest BCUT2D eigenvalue weighted by atomic mass is 9.98. The fraction of sp³-hybridized carbons (Fsp3) is 0.412. The molecule has 1 saturated heterocycles. The van der Waals surface area contributed by atoms with Gasteiger partial charge in [0.15, 0.2) is 0 Å². The molecule has 0 spiro atoms. The average molecular weight is 314 g/mol. The minimum Gasteiger partial charge on any atom is -0.396 e. The average Bonchev–Trinajstić information content (AvgIpc) is 3.03. The number of aliphatic hydroxyl groups is 1. The Balaban J connectivity index is 1.71. The van der Waals surface area contributed by atoms with E-state index in [2.05, 4.69) is 10.4 Å². The minimum absolute atomic E-state index is 0.114. The number of anilines is 1. The zero-order valence-electron chi connectivity index (χ0n) is 13.3. The summed E-state index contributed by atoms with van der Waals surface area (Å²) >= 11 is 0. The van der Waals surface area contributed by atoms with E-state index in [9.17, 15) is 9.90 Å². The van der Waals surface area contributed by atoms with Crippen LogP contribution in [-0.4, -0.2) is 45.5 Å². The molecule has 23 heavy (non-hydrogen) atoms. The number of carbonyl (C=O) groups is 1. The van der Waals surface area contributed by atoms with Crippen LogP contribution in [0.2, 0.25) is 0 Å². The first kappa shape index (κ1) is 15.6. The number of nitrogens with one attached hydrogen (secondary N) is 1. The van der Waals surface area contributed by atoms with E-state index in [1.165, 1.54) is 0 Å². The molecule has 0 radical (unpaired) electrons. The van der Waals surface area contributed by atoms with Gasteiger partial charge < -0.3 is 10.0 Å². The highest BCUT2D eigenvalue weighted by atomic mass is 16.3. The van der Waals surface area contributed by atoms with E-state index >= 15 is 0 Å². The van der Waals surface area contributed by atoms with Crippen molar-refractivity contribution in [1.82, 2.24) is 14.7 Å². The number of hydrogen-bond donors (Lipinski definition) is 2. The number of piperidine rings is 1. The van der Waals surface area contributed by atoms with Crippen molar-refractivity contribution in [3.63, 3.8) is 0 Å². The fourth-order valence-electron chi connectivity index (χ4n) is 2.90. The van der Waals surface area contributed by atoms with Crippen LogP contribution in [-0.2, 0) is 0 Å². The maximum atomic E-state index is 12.4. The van der Waals surface area contributed by atoms with Crippen molar-refractivity contribution in [2.75, 3.05) is 25.0 Å². The van der Waals surface area contributed by atoms with E-state index in [1.807, 2.05) is 31.2 Å². The Morgan fingerprint density at radius 2 is 2.04 bits per heavy atom. The van der Waals surface area contributed by atoms with Gasteiger partial charge in [-0.15, -0.1) is 0 Å². The Morgan fingerprint density at radius 3 is 2.74 bits per heavy atom. The van der Waals surface area contributed by atoms with Crippen molar-refractivity contribution < 1.29 is 9.90 Å². The molecule has 1 aliphatic heterocycles.